The summed E-state index contributed by atoms with van der Waals surface area (Å²) in [5.74, 6) is 1.08. The lowest BCUT2D eigenvalue weighted by Gasteiger charge is -2.28. The third kappa shape index (κ3) is 2.86. The van der Waals surface area contributed by atoms with Gasteiger partial charge in [-0.3, -0.25) is 4.90 Å². The first-order chi connectivity index (χ1) is 7.92. The summed E-state index contributed by atoms with van der Waals surface area (Å²) in [6.07, 6.45) is 8.10. The van der Waals surface area contributed by atoms with Gasteiger partial charge in [0.1, 0.15) is 5.76 Å². The number of likely N-dealkylation sites (tertiary alicyclic amines) is 1. The summed E-state index contributed by atoms with van der Waals surface area (Å²) in [4.78, 5) is 2.54. The molecule has 1 saturated heterocycles. The van der Waals surface area contributed by atoms with E-state index in [9.17, 15) is 0 Å². The molecule has 1 unspecified atom stereocenters. The Morgan fingerprint density at radius 3 is 2.56 bits per heavy atom. The number of hydrogen-bond acceptors (Lipinski definition) is 3. The number of nitrogens with zero attached hydrogens (tertiary/aromatic N) is 1. The van der Waals surface area contributed by atoms with Crippen LogP contribution in [-0.2, 0) is 0 Å². The summed E-state index contributed by atoms with van der Waals surface area (Å²) in [7, 11) is 0. The van der Waals surface area contributed by atoms with Crippen molar-refractivity contribution in [3.63, 3.8) is 0 Å². The van der Waals surface area contributed by atoms with Crippen molar-refractivity contribution in [2.45, 2.75) is 38.1 Å². The molecule has 1 aromatic heterocycles. The molecule has 16 heavy (non-hydrogen) atoms. The first-order valence-electron chi connectivity index (χ1n) is 6.39. The molecule has 1 aliphatic rings. The molecule has 1 atom stereocenters. The number of hydrogen-bond donors (Lipinski definition) is 1. The molecule has 90 valence electrons. The number of rotatable bonds is 4. The molecule has 0 radical (unpaired) electrons. The molecule has 2 rings (SSSR count). The normalized spacial score (nSPS) is 20.6. The average molecular weight is 222 g/mol. The quantitative estimate of drug-likeness (QED) is 0.851. The highest BCUT2D eigenvalue weighted by molar-refractivity contribution is 5.05. The van der Waals surface area contributed by atoms with Crippen LogP contribution in [0.3, 0.4) is 0 Å². The van der Waals surface area contributed by atoms with Crippen molar-refractivity contribution in [3.8, 4) is 0 Å². The lowest BCUT2D eigenvalue weighted by atomic mass is 10.1. The molecule has 1 aliphatic heterocycles. The van der Waals surface area contributed by atoms with Crippen LogP contribution in [0.1, 0.15) is 43.9 Å². The molecular weight excluding hydrogens is 200 g/mol. The number of furan rings is 1. The fourth-order valence-corrected chi connectivity index (χ4v) is 2.55. The maximum atomic E-state index is 5.71. The molecule has 2 heterocycles. The van der Waals surface area contributed by atoms with Gasteiger partial charge in [0.05, 0.1) is 12.3 Å². The van der Waals surface area contributed by atoms with Crippen LogP contribution in [0.25, 0.3) is 0 Å². The van der Waals surface area contributed by atoms with Crippen molar-refractivity contribution >= 4 is 0 Å². The largest absolute Gasteiger partial charge is 0.468 e. The Labute approximate surface area is 97.6 Å². The first kappa shape index (κ1) is 11.7. The Morgan fingerprint density at radius 1 is 1.25 bits per heavy atom. The smallest absolute Gasteiger partial charge is 0.120 e. The fourth-order valence-electron chi connectivity index (χ4n) is 2.55. The van der Waals surface area contributed by atoms with E-state index in [4.69, 9.17) is 10.2 Å². The Balaban J connectivity index is 2.05. The first-order valence-corrected chi connectivity index (χ1v) is 6.39. The van der Waals surface area contributed by atoms with Gasteiger partial charge in [-0.25, -0.2) is 0 Å². The van der Waals surface area contributed by atoms with Gasteiger partial charge in [0.25, 0.3) is 0 Å². The molecule has 0 spiro atoms. The van der Waals surface area contributed by atoms with Crippen molar-refractivity contribution in [2.24, 2.45) is 5.73 Å². The van der Waals surface area contributed by atoms with E-state index in [1.165, 1.54) is 38.8 Å². The van der Waals surface area contributed by atoms with Gasteiger partial charge in [-0.2, -0.15) is 0 Å². The Bertz CT molecular complexity index is 276. The second-order valence-electron chi connectivity index (χ2n) is 4.56. The van der Waals surface area contributed by atoms with Crippen LogP contribution >= 0.6 is 0 Å². The summed E-state index contributed by atoms with van der Waals surface area (Å²) in [6, 6.07) is 4.43. The minimum Gasteiger partial charge on any atom is -0.468 e. The molecule has 2 N–H and O–H groups in total. The third-order valence-electron chi connectivity index (χ3n) is 3.39. The highest BCUT2D eigenvalue weighted by atomic mass is 16.3. The van der Waals surface area contributed by atoms with E-state index in [1.54, 1.807) is 6.26 Å². The second kappa shape index (κ2) is 6.06. The summed E-state index contributed by atoms with van der Waals surface area (Å²) in [6.45, 7) is 3.10. The predicted octanol–water partition coefficient (Wildman–Crippen LogP) is 2.55. The molecule has 0 saturated carbocycles. The average Bonchev–Trinajstić information content (AvgIpc) is 2.69. The summed E-state index contributed by atoms with van der Waals surface area (Å²) in [5, 5.41) is 0. The van der Waals surface area contributed by atoms with Gasteiger partial charge in [-0.1, -0.05) is 12.8 Å². The van der Waals surface area contributed by atoms with E-state index in [-0.39, 0.29) is 0 Å². The lowest BCUT2D eigenvalue weighted by Crippen LogP contribution is -2.31. The van der Waals surface area contributed by atoms with Crippen LogP contribution < -0.4 is 5.73 Å². The third-order valence-corrected chi connectivity index (χ3v) is 3.39. The Hall–Kier alpha value is -0.800. The van der Waals surface area contributed by atoms with Gasteiger partial charge >= 0.3 is 0 Å². The van der Waals surface area contributed by atoms with Gasteiger partial charge in [-0.05, 0) is 51.0 Å². The topological polar surface area (TPSA) is 42.4 Å². The van der Waals surface area contributed by atoms with Gasteiger partial charge in [0.2, 0.25) is 0 Å². The molecule has 3 nitrogen and oxygen atoms in total. The minimum absolute atomic E-state index is 0.387. The van der Waals surface area contributed by atoms with E-state index < -0.39 is 0 Å². The SMILES string of the molecule is NCCC(c1ccco1)N1CCCCCC1. The fraction of sp³-hybridized carbons (Fsp3) is 0.692. The Kier molecular flexibility index (Phi) is 4.43. The van der Waals surface area contributed by atoms with Crippen LogP contribution in [0, 0.1) is 0 Å². The predicted molar refractivity (Wildman–Crippen MR) is 65.2 cm³/mol. The lowest BCUT2D eigenvalue weighted by molar-refractivity contribution is 0.173. The van der Waals surface area contributed by atoms with Crippen LogP contribution in [0.5, 0.6) is 0 Å². The van der Waals surface area contributed by atoms with Crippen molar-refractivity contribution in [2.75, 3.05) is 19.6 Å². The highest BCUT2D eigenvalue weighted by Crippen LogP contribution is 2.26. The van der Waals surface area contributed by atoms with Crippen LogP contribution in [0.2, 0.25) is 0 Å². The van der Waals surface area contributed by atoms with E-state index in [1.807, 2.05) is 6.07 Å². The summed E-state index contributed by atoms with van der Waals surface area (Å²) in [5.41, 5.74) is 5.71. The summed E-state index contributed by atoms with van der Waals surface area (Å²) < 4.78 is 5.55. The molecular formula is C13H22N2O. The van der Waals surface area contributed by atoms with E-state index in [2.05, 4.69) is 11.0 Å². The highest BCUT2D eigenvalue weighted by Gasteiger charge is 2.22. The molecule has 0 aliphatic carbocycles. The van der Waals surface area contributed by atoms with Gasteiger partial charge in [0, 0.05) is 0 Å². The zero-order chi connectivity index (χ0) is 11.2. The maximum Gasteiger partial charge on any atom is 0.120 e. The Morgan fingerprint density at radius 2 is 2.00 bits per heavy atom. The molecule has 1 aromatic rings. The number of nitrogens with two attached hydrogens (primary N) is 1. The molecule has 0 amide bonds. The van der Waals surface area contributed by atoms with Crippen molar-refractivity contribution in [3.05, 3.63) is 24.2 Å². The van der Waals surface area contributed by atoms with E-state index in [0.717, 1.165) is 18.7 Å². The minimum atomic E-state index is 0.387. The van der Waals surface area contributed by atoms with E-state index in [0.29, 0.717) is 6.04 Å². The zero-order valence-corrected chi connectivity index (χ0v) is 9.90. The van der Waals surface area contributed by atoms with Gasteiger partial charge in [-0.15, -0.1) is 0 Å². The van der Waals surface area contributed by atoms with Crippen LogP contribution in [0.15, 0.2) is 22.8 Å². The van der Waals surface area contributed by atoms with Crippen molar-refractivity contribution < 1.29 is 4.42 Å². The molecule has 0 aromatic carbocycles. The second-order valence-corrected chi connectivity index (χ2v) is 4.56. The van der Waals surface area contributed by atoms with Gasteiger partial charge in [0.15, 0.2) is 0 Å². The summed E-state index contributed by atoms with van der Waals surface area (Å²) >= 11 is 0. The van der Waals surface area contributed by atoms with Crippen molar-refractivity contribution in [1.29, 1.82) is 0 Å². The zero-order valence-electron chi connectivity index (χ0n) is 9.90. The molecule has 0 bridgehead atoms. The van der Waals surface area contributed by atoms with E-state index >= 15 is 0 Å². The van der Waals surface area contributed by atoms with Crippen LogP contribution in [0.4, 0.5) is 0 Å². The molecule has 3 heteroatoms. The van der Waals surface area contributed by atoms with Crippen molar-refractivity contribution in [1.82, 2.24) is 4.90 Å². The monoisotopic (exact) mass is 222 g/mol. The standard InChI is InChI=1S/C13H22N2O/c14-8-7-12(13-6-5-11-16-13)15-9-3-1-2-4-10-15/h5-6,11-12H,1-4,7-10,14H2. The van der Waals surface area contributed by atoms with Crippen LogP contribution in [-0.4, -0.2) is 24.5 Å². The van der Waals surface area contributed by atoms with Gasteiger partial charge < -0.3 is 10.2 Å². The molecule has 1 fully saturated rings. The maximum absolute atomic E-state index is 5.71.